The highest BCUT2D eigenvalue weighted by Gasteiger charge is 2.44. The Hall–Kier alpha value is -5.38. The van der Waals surface area contributed by atoms with Crippen LogP contribution in [0.15, 0.2) is 72.4 Å². The summed E-state index contributed by atoms with van der Waals surface area (Å²) in [7, 11) is -0.984. The zero-order valence-corrected chi connectivity index (χ0v) is 42.2. The van der Waals surface area contributed by atoms with Gasteiger partial charge in [0, 0.05) is 24.7 Å². The number of anilines is 4. The Labute approximate surface area is 402 Å². The number of ether oxygens (including phenoxy) is 1. The maximum absolute atomic E-state index is 14.2. The Morgan fingerprint density at radius 2 is 1.73 bits per heavy atom. The Bertz CT molecular complexity index is 2600. The zero-order valence-electron chi connectivity index (χ0n) is 39.7. The van der Waals surface area contributed by atoms with Crippen LogP contribution in [0.5, 0.6) is 5.75 Å². The smallest absolute Gasteiger partial charge is 0.246 e. The molecule has 18 heteroatoms. The van der Waals surface area contributed by atoms with E-state index in [0.717, 1.165) is 32.8 Å². The van der Waals surface area contributed by atoms with Gasteiger partial charge in [0.1, 0.15) is 30.0 Å². The molecule has 0 saturated carbocycles. The van der Waals surface area contributed by atoms with Gasteiger partial charge in [0.05, 0.1) is 52.9 Å². The summed E-state index contributed by atoms with van der Waals surface area (Å²) in [5, 5.41) is 27.6. The average Bonchev–Trinajstić information content (AvgIpc) is 3.90. The number of likely N-dealkylation sites (tertiary alicyclic amines) is 1. The second-order valence-electron chi connectivity index (χ2n) is 18.5. The molecular weight excluding hydrogens is 909 g/mol. The first-order valence-corrected chi connectivity index (χ1v) is 26.3. The van der Waals surface area contributed by atoms with Crippen molar-refractivity contribution in [2.24, 2.45) is 5.41 Å². The minimum atomic E-state index is -2.58. The molecule has 0 radical (unpaired) electrons. The predicted octanol–water partition coefficient (Wildman–Crippen LogP) is 7.90. The van der Waals surface area contributed by atoms with Crippen LogP contribution >= 0.6 is 30.1 Å². The quantitative estimate of drug-likeness (QED) is 0.0346. The van der Waals surface area contributed by atoms with Gasteiger partial charge in [-0.05, 0) is 112 Å². The Morgan fingerprint density at radius 1 is 1.00 bits per heavy atom. The number of hydrogen-bond acceptors (Lipinski definition) is 13. The average molecular weight is 973 g/mol. The first-order chi connectivity index (χ1) is 31.7. The molecule has 1 unspecified atom stereocenters. The Morgan fingerprint density at radius 3 is 2.40 bits per heavy atom. The fraction of sp³-hybridized carbons (Fsp3) is 0.429. The van der Waals surface area contributed by atoms with Gasteiger partial charge in [-0.15, -0.1) is 11.3 Å². The van der Waals surface area contributed by atoms with Crippen molar-refractivity contribution in [2.45, 2.75) is 91.5 Å². The van der Waals surface area contributed by atoms with Crippen molar-refractivity contribution in [3.63, 3.8) is 0 Å². The summed E-state index contributed by atoms with van der Waals surface area (Å²) < 4.78 is 18.7. The summed E-state index contributed by atoms with van der Waals surface area (Å²) in [4.78, 5) is 57.0. The fourth-order valence-electron chi connectivity index (χ4n) is 8.05. The van der Waals surface area contributed by atoms with Crippen molar-refractivity contribution in [1.29, 1.82) is 0 Å². The van der Waals surface area contributed by atoms with Crippen LogP contribution in [0.4, 0.5) is 23.1 Å². The van der Waals surface area contributed by atoms with E-state index in [1.807, 2.05) is 108 Å². The number of nitrogens with zero attached hydrogens (tertiary/aromatic N) is 4. The molecule has 1 saturated heterocycles. The van der Waals surface area contributed by atoms with Gasteiger partial charge >= 0.3 is 0 Å². The summed E-state index contributed by atoms with van der Waals surface area (Å²) >= 11 is 8.05. The van der Waals surface area contributed by atoms with Crippen LogP contribution in [0.3, 0.4) is 0 Å². The number of aromatic nitrogens is 3. The molecule has 0 aliphatic carbocycles. The van der Waals surface area contributed by atoms with Gasteiger partial charge < -0.3 is 45.9 Å². The van der Waals surface area contributed by atoms with Crippen molar-refractivity contribution < 1.29 is 28.8 Å². The van der Waals surface area contributed by atoms with E-state index < -0.39 is 36.7 Å². The standard InChI is InChI=1S/C49H63ClN9O6PS/c1-29-23-38(56-48-52-26-36(50)45(58-48)55-37-13-10-11-14-41(37)66(8,9)64)40(65-7)24-34(29)20-22-51-21-12-15-42(61)57-44(49(4,5)6)47(63)59-27-35(60)25-39(59)46(62)54-30(2)32-16-18-33(19-17-32)43-31(3)53-28-67-43/h10-11,13-14,16-19,23-24,26,28,30,35,39,44,51,60H,12,15,20-22,25,27H2,1-9H3,(H,54,62)(H,57,61)(H2,52,55,56,58)/t30-,35+,39?,44+/m0/s1. The molecule has 3 amide bonds. The number of carbonyl (C=O) groups is 3. The monoisotopic (exact) mass is 971 g/mol. The maximum Gasteiger partial charge on any atom is 0.246 e. The van der Waals surface area contributed by atoms with Crippen molar-refractivity contribution in [3.05, 3.63) is 99.8 Å². The molecule has 4 atom stereocenters. The van der Waals surface area contributed by atoms with Gasteiger partial charge in [0.25, 0.3) is 0 Å². The number of thiazole rings is 1. The predicted molar refractivity (Wildman–Crippen MR) is 269 cm³/mol. The van der Waals surface area contributed by atoms with Gasteiger partial charge in [-0.1, -0.05) is 68.8 Å². The number of β-amino-alcohol motifs (C(OH)–C–C–N with tert-alkyl or cyclic N) is 1. The number of amides is 3. The van der Waals surface area contributed by atoms with Crippen LogP contribution < -0.4 is 36.6 Å². The van der Waals surface area contributed by atoms with Crippen molar-refractivity contribution in [2.75, 3.05) is 50.7 Å². The molecule has 6 N–H and O–H groups in total. The van der Waals surface area contributed by atoms with Crippen LogP contribution in [0.25, 0.3) is 10.4 Å². The fourth-order valence-corrected chi connectivity index (χ4v) is 10.2. The van der Waals surface area contributed by atoms with Crippen molar-refractivity contribution >= 4 is 76.2 Å². The lowest BCUT2D eigenvalue weighted by Crippen LogP contribution is -2.57. The number of halogens is 1. The van der Waals surface area contributed by atoms with E-state index in [4.69, 9.17) is 16.3 Å². The number of aryl methyl sites for hydroxylation is 2. The topological polar surface area (TPSA) is 200 Å². The summed E-state index contributed by atoms with van der Waals surface area (Å²) in [6.45, 7) is 16.1. The molecule has 0 spiro atoms. The largest absolute Gasteiger partial charge is 0.495 e. The normalized spacial score (nSPS) is 16.0. The van der Waals surface area contributed by atoms with Crippen LogP contribution in [-0.2, 0) is 25.4 Å². The molecule has 15 nitrogen and oxygen atoms in total. The zero-order chi connectivity index (χ0) is 48.6. The number of hydrogen-bond donors (Lipinski definition) is 6. The third-order valence-corrected chi connectivity index (χ3v) is 14.6. The first kappa shape index (κ1) is 51.0. The van der Waals surface area contributed by atoms with Gasteiger partial charge in [-0.2, -0.15) is 4.98 Å². The van der Waals surface area contributed by atoms with E-state index in [9.17, 15) is 24.1 Å². The molecule has 3 heterocycles. The summed E-state index contributed by atoms with van der Waals surface area (Å²) in [5.41, 5.74) is 7.50. The lowest BCUT2D eigenvalue weighted by atomic mass is 9.85. The maximum atomic E-state index is 14.2. The number of aliphatic hydroxyl groups is 1. The third-order valence-electron chi connectivity index (χ3n) is 11.8. The Kier molecular flexibility index (Phi) is 16.9. The first-order valence-electron chi connectivity index (χ1n) is 22.4. The van der Waals surface area contributed by atoms with E-state index in [0.29, 0.717) is 65.1 Å². The molecule has 1 aliphatic rings. The van der Waals surface area contributed by atoms with E-state index in [-0.39, 0.29) is 37.2 Å². The highest BCUT2D eigenvalue weighted by molar-refractivity contribution is 7.70. The summed E-state index contributed by atoms with van der Waals surface area (Å²) in [6, 6.07) is 17.1. The van der Waals surface area contributed by atoms with Crippen LogP contribution in [0, 0.1) is 19.3 Å². The minimum absolute atomic E-state index is 0.00103. The number of methoxy groups -OCH3 is 1. The molecule has 3 aromatic carbocycles. The second kappa shape index (κ2) is 22.2. The number of para-hydroxylation sites is 1. The van der Waals surface area contributed by atoms with E-state index in [1.54, 1.807) is 31.8 Å². The molecule has 1 aliphatic heterocycles. The van der Waals surface area contributed by atoms with Crippen LogP contribution in [-0.4, -0.2) is 101 Å². The second-order valence-corrected chi connectivity index (χ2v) is 22.9. The summed E-state index contributed by atoms with van der Waals surface area (Å²) in [6.07, 6.45) is 2.17. The van der Waals surface area contributed by atoms with Crippen molar-refractivity contribution in [3.8, 4) is 16.2 Å². The molecular formula is C49H63ClN9O6PS. The lowest BCUT2D eigenvalue weighted by Gasteiger charge is -2.35. The number of carbonyl (C=O) groups excluding carboxylic acids is 3. The molecule has 0 bridgehead atoms. The van der Waals surface area contributed by atoms with Gasteiger partial charge in [-0.25, -0.2) is 9.97 Å². The Balaban J connectivity index is 0.981. The third kappa shape index (κ3) is 13.2. The van der Waals surface area contributed by atoms with Gasteiger partial charge in [-0.3, -0.25) is 14.4 Å². The van der Waals surface area contributed by atoms with Crippen LogP contribution in [0.2, 0.25) is 5.02 Å². The van der Waals surface area contributed by atoms with Gasteiger partial charge in [0.2, 0.25) is 23.7 Å². The van der Waals surface area contributed by atoms with Gasteiger partial charge in [0.15, 0.2) is 5.82 Å². The molecule has 358 valence electrons. The molecule has 1 fully saturated rings. The number of benzene rings is 3. The van der Waals surface area contributed by atoms with Crippen molar-refractivity contribution in [1.82, 2.24) is 35.8 Å². The lowest BCUT2D eigenvalue weighted by molar-refractivity contribution is -0.144. The SMILES string of the molecule is COc1cc(CCNCCCC(=O)N[C@H](C(=O)N2C[C@H](O)CC2C(=O)N[C@@H](C)c2ccc(-c3scnc3C)cc2)C(C)(C)C)c(C)cc1Nc1ncc(Cl)c(Nc2ccccc2P(C)(C)=O)n1. The highest BCUT2D eigenvalue weighted by atomic mass is 35.5. The molecule has 6 rings (SSSR count). The van der Waals surface area contributed by atoms with Crippen LogP contribution in [0.1, 0.15) is 75.4 Å². The van der Waals surface area contributed by atoms with E-state index in [1.165, 1.54) is 11.1 Å². The minimum Gasteiger partial charge on any atom is -0.495 e. The number of aliphatic hydroxyl groups excluding tert-OH is 1. The summed E-state index contributed by atoms with van der Waals surface area (Å²) in [5.74, 6) is 0.241. The molecule has 5 aromatic rings. The van der Waals surface area contributed by atoms with E-state index >= 15 is 0 Å². The number of rotatable bonds is 19. The molecule has 67 heavy (non-hydrogen) atoms. The molecule has 2 aromatic heterocycles. The van der Waals surface area contributed by atoms with E-state index in [2.05, 4.69) is 41.5 Å². The highest BCUT2D eigenvalue weighted by Crippen LogP contribution is 2.39. The number of nitrogens with one attached hydrogen (secondary N) is 5.